The lowest BCUT2D eigenvalue weighted by molar-refractivity contribution is -0.141. The van der Waals surface area contributed by atoms with E-state index in [1.54, 1.807) is 20.0 Å². The summed E-state index contributed by atoms with van der Waals surface area (Å²) in [4.78, 5) is 27.2. The molecular formula is C18H21N7O3. The minimum atomic E-state index is -1.23. The summed E-state index contributed by atoms with van der Waals surface area (Å²) < 4.78 is 5.41. The number of ether oxygens (including phenoxy) is 1. The van der Waals surface area contributed by atoms with E-state index in [1.165, 1.54) is 0 Å². The molecule has 0 unspecified atom stereocenters. The van der Waals surface area contributed by atoms with Crippen molar-refractivity contribution in [3.63, 3.8) is 0 Å². The van der Waals surface area contributed by atoms with Crippen molar-refractivity contribution in [3.8, 4) is 11.4 Å². The number of morpholine rings is 1. The molecule has 10 nitrogen and oxygen atoms in total. The second-order valence-electron chi connectivity index (χ2n) is 7.07. The Kier molecular flexibility index (Phi) is 4.55. The fourth-order valence-electron chi connectivity index (χ4n) is 2.94. The van der Waals surface area contributed by atoms with Crippen molar-refractivity contribution in [2.45, 2.75) is 19.4 Å². The maximum Gasteiger partial charge on any atom is 0.328 e. The lowest BCUT2D eigenvalue weighted by Crippen LogP contribution is -2.41. The second-order valence-corrected chi connectivity index (χ2v) is 7.07. The SMILES string of the molecule is CC(C)(Nc1nc(-c2cccc3[nH]ncc23)nc(N2CCOCC2)n1)C(=O)O. The Balaban J connectivity index is 1.82. The van der Waals surface area contributed by atoms with Crippen LogP contribution in [0.25, 0.3) is 22.3 Å². The molecule has 2 aromatic heterocycles. The summed E-state index contributed by atoms with van der Waals surface area (Å²) in [5, 5.41) is 20.3. The first-order valence-electron chi connectivity index (χ1n) is 8.97. The Labute approximate surface area is 161 Å². The van der Waals surface area contributed by atoms with Crippen LogP contribution >= 0.6 is 0 Å². The summed E-state index contributed by atoms with van der Waals surface area (Å²) in [5.74, 6) is 0.142. The Morgan fingerprint density at radius 1 is 1.25 bits per heavy atom. The van der Waals surface area contributed by atoms with Gasteiger partial charge in [0, 0.05) is 24.0 Å². The zero-order valence-corrected chi connectivity index (χ0v) is 15.6. The van der Waals surface area contributed by atoms with Crippen molar-refractivity contribution in [2.75, 3.05) is 36.5 Å². The molecule has 3 N–H and O–H groups in total. The molecule has 0 spiro atoms. The van der Waals surface area contributed by atoms with Gasteiger partial charge in [0.2, 0.25) is 11.9 Å². The van der Waals surface area contributed by atoms with E-state index in [0.717, 1.165) is 16.5 Å². The van der Waals surface area contributed by atoms with Crippen LogP contribution in [-0.2, 0) is 9.53 Å². The zero-order valence-electron chi connectivity index (χ0n) is 15.6. The Morgan fingerprint density at radius 2 is 2.04 bits per heavy atom. The number of H-pyrrole nitrogens is 1. The molecule has 0 atom stereocenters. The third-order valence-electron chi connectivity index (χ3n) is 4.60. The van der Waals surface area contributed by atoms with Gasteiger partial charge in [-0.2, -0.15) is 20.1 Å². The monoisotopic (exact) mass is 383 g/mol. The lowest BCUT2D eigenvalue weighted by atomic mass is 10.1. The van der Waals surface area contributed by atoms with Crippen molar-refractivity contribution in [3.05, 3.63) is 24.4 Å². The van der Waals surface area contributed by atoms with Crippen molar-refractivity contribution in [1.82, 2.24) is 25.1 Å². The van der Waals surface area contributed by atoms with Gasteiger partial charge < -0.3 is 20.1 Å². The fourth-order valence-corrected chi connectivity index (χ4v) is 2.94. The van der Waals surface area contributed by atoms with E-state index in [-0.39, 0.29) is 5.95 Å². The van der Waals surface area contributed by atoms with Crippen LogP contribution in [0.5, 0.6) is 0 Å². The van der Waals surface area contributed by atoms with Crippen LogP contribution in [0.2, 0.25) is 0 Å². The van der Waals surface area contributed by atoms with Gasteiger partial charge >= 0.3 is 5.97 Å². The summed E-state index contributed by atoms with van der Waals surface area (Å²) >= 11 is 0. The number of fused-ring (bicyclic) bond motifs is 1. The summed E-state index contributed by atoms with van der Waals surface area (Å²) in [6, 6.07) is 5.72. The van der Waals surface area contributed by atoms with Gasteiger partial charge in [0.1, 0.15) is 5.54 Å². The summed E-state index contributed by atoms with van der Waals surface area (Å²) in [6.07, 6.45) is 1.72. The first-order chi connectivity index (χ1) is 13.4. The molecule has 1 aliphatic heterocycles. The van der Waals surface area contributed by atoms with Gasteiger partial charge in [0.25, 0.3) is 0 Å². The van der Waals surface area contributed by atoms with Crippen LogP contribution in [0, 0.1) is 0 Å². The number of carbonyl (C=O) groups is 1. The van der Waals surface area contributed by atoms with E-state index < -0.39 is 11.5 Å². The highest BCUT2D eigenvalue weighted by molar-refractivity contribution is 5.92. The molecule has 1 aromatic carbocycles. The smallest absolute Gasteiger partial charge is 0.328 e. The third-order valence-corrected chi connectivity index (χ3v) is 4.60. The van der Waals surface area contributed by atoms with E-state index in [0.29, 0.717) is 38.1 Å². The number of anilines is 2. The largest absolute Gasteiger partial charge is 0.480 e. The maximum absolute atomic E-state index is 11.5. The number of carboxylic acids is 1. The van der Waals surface area contributed by atoms with Crippen molar-refractivity contribution >= 4 is 28.8 Å². The molecule has 0 aliphatic carbocycles. The summed E-state index contributed by atoms with van der Waals surface area (Å²) in [6.45, 7) is 5.60. The average molecular weight is 383 g/mol. The molecule has 3 heterocycles. The molecule has 0 saturated carbocycles. The number of aromatic nitrogens is 5. The molecule has 28 heavy (non-hydrogen) atoms. The third kappa shape index (κ3) is 3.46. The maximum atomic E-state index is 11.5. The highest BCUT2D eigenvalue weighted by Crippen LogP contribution is 2.27. The summed E-state index contributed by atoms with van der Waals surface area (Å²) in [7, 11) is 0. The number of aromatic amines is 1. The lowest BCUT2D eigenvalue weighted by Gasteiger charge is -2.28. The average Bonchev–Trinajstić information content (AvgIpc) is 3.17. The van der Waals surface area contributed by atoms with Gasteiger partial charge in [-0.15, -0.1) is 0 Å². The molecule has 146 valence electrons. The van der Waals surface area contributed by atoms with E-state index in [2.05, 4.69) is 30.5 Å². The predicted molar refractivity (Wildman–Crippen MR) is 103 cm³/mol. The molecule has 4 rings (SSSR count). The Bertz CT molecular complexity index is 1010. The van der Waals surface area contributed by atoms with E-state index >= 15 is 0 Å². The molecule has 1 fully saturated rings. The molecule has 1 aliphatic rings. The highest BCUT2D eigenvalue weighted by Gasteiger charge is 2.29. The topological polar surface area (TPSA) is 129 Å². The molecule has 0 amide bonds. The number of rotatable bonds is 5. The van der Waals surface area contributed by atoms with Gasteiger partial charge in [0.05, 0.1) is 24.9 Å². The van der Waals surface area contributed by atoms with E-state index in [1.807, 2.05) is 23.1 Å². The minimum Gasteiger partial charge on any atom is -0.480 e. The molecular weight excluding hydrogens is 362 g/mol. The van der Waals surface area contributed by atoms with Crippen LogP contribution in [0.15, 0.2) is 24.4 Å². The van der Waals surface area contributed by atoms with Gasteiger partial charge in [0.15, 0.2) is 5.82 Å². The van der Waals surface area contributed by atoms with Gasteiger partial charge in [-0.25, -0.2) is 4.79 Å². The molecule has 1 saturated heterocycles. The number of benzene rings is 1. The van der Waals surface area contributed by atoms with E-state index in [9.17, 15) is 9.90 Å². The van der Waals surface area contributed by atoms with E-state index in [4.69, 9.17) is 4.74 Å². The molecule has 0 bridgehead atoms. The van der Waals surface area contributed by atoms with Crippen LogP contribution in [0.1, 0.15) is 13.8 Å². The summed E-state index contributed by atoms with van der Waals surface area (Å²) in [5.41, 5.74) is 0.424. The number of carboxylic acid groups (broad SMARTS) is 1. The number of hydrogen-bond donors (Lipinski definition) is 3. The number of nitrogens with zero attached hydrogens (tertiary/aromatic N) is 5. The minimum absolute atomic E-state index is 0.208. The number of aliphatic carboxylic acids is 1. The molecule has 3 aromatic rings. The Morgan fingerprint density at radius 3 is 2.79 bits per heavy atom. The quantitative estimate of drug-likeness (QED) is 0.600. The van der Waals surface area contributed by atoms with Crippen molar-refractivity contribution < 1.29 is 14.6 Å². The predicted octanol–water partition coefficient (Wildman–Crippen LogP) is 1.53. The van der Waals surface area contributed by atoms with Crippen molar-refractivity contribution in [2.24, 2.45) is 0 Å². The van der Waals surface area contributed by atoms with Crippen LogP contribution in [0.3, 0.4) is 0 Å². The normalized spacial score (nSPS) is 15.0. The highest BCUT2D eigenvalue weighted by atomic mass is 16.5. The first kappa shape index (κ1) is 18.1. The van der Waals surface area contributed by atoms with Gasteiger partial charge in [-0.3, -0.25) is 5.10 Å². The number of nitrogens with one attached hydrogen (secondary N) is 2. The standard InChI is InChI=1S/C18H21N7O3/c1-18(2,15(26)27)23-16-20-14(11-4-3-5-13-12(11)10-19-24-13)21-17(22-16)25-6-8-28-9-7-25/h3-5,10H,6-9H2,1-2H3,(H,19,24)(H,26,27)(H,20,21,22,23). The zero-order chi connectivity index (χ0) is 19.7. The number of hydrogen-bond acceptors (Lipinski definition) is 8. The fraction of sp³-hybridized carbons (Fsp3) is 0.389. The van der Waals surface area contributed by atoms with Crippen LogP contribution < -0.4 is 10.2 Å². The Hall–Kier alpha value is -3.27. The van der Waals surface area contributed by atoms with Crippen molar-refractivity contribution in [1.29, 1.82) is 0 Å². The molecule has 0 radical (unpaired) electrons. The van der Waals surface area contributed by atoms with Crippen LogP contribution in [0.4, 0.5) is 11.9 Å². The van der Waals surface area contributed by atoms with Gasteiger partial charge in [-0.05, 0) is 19.9 Å². The molecule has 10 heteroatoms. The first-order valence-corrected chi connectivity index (χ1v) is 8.97. The van der Waals surface area contributed by atoms with Gasteiger partial charge in [-0.1, -0.05) is 12.1 Å². The van der Waals surface area contributed by atoms with Crippen LogP contribution in [-0.4, -0.2) is 68.1 Å². The second kappa shape index (κ2) is 7.04.